The number of aliphatic imine (C=N–C) groups is 1. The monoisotopic (exact) mass is 432 g/mol. The quantitative estimate of drug-likeness (QED) is 0.480. The topological polar surface area (TPSA) is 95.0 Å². The number of hydrazine groups is 1. The van der Waals surface area contributed by atoms with Crippen LogP contribution in [0.2, 0.25) is 0 Å². The fourth-order valence-electron chi connectivity index (χ4n) is 4.06. The highest BCUT2D eigenvalue weighted by Crippen LogP contribution is 2.31. The van der Waals surface area contributed by atoms with Crippen LogP contribution in [-0.2, 0) is 6.54 Å². The molecule has 0 saturated carbocycles. The van der Waals surface area contributed by atoms with Crippen molar-refractivity contribution in [2.24, 2.45) is 4.99 Å². The van der Waals surface area contributed by atoms with Crippen molar-refractivity contribution in [3.63, 3.8) is 0 Å². The molecule has 0 radical (unpaired) electrons. The molecule has 3 heterocycles. The Morgan fingerprint density at radius 1 is 1.00 bits per heavy atom. The molecule has 8 nitrogen and oxygen atoms in total. The lowest BCUT2D eigenvalue weighted by atomic mass is 10.0. The maximum Gasteiger partial charge on any atom is 0.205 e. The van der Waals surface area contributed by atoms with Crippen LogP contribution in [0.4, 0.5) is 0 Å². The molecule has 2 N–H and O–H groups in total. The van der Waals surface area contributed by atoms with Crippen molar-refractivity contribution in [1.82, 2.24) is 36.0 Å². The van der Waals surface area contributed by atoms with E-state index in [1.165, 1.54) is 12.8 Å². The van der Waals surface area contributed by atoms with E-state index in [4.69, 9.17) is 9.98 Å². The first-order valence-corrected chi connectivity index (χ1v) is 11.5. The molecule has 0 spiro atoms. The number of rotatable bonds is 10. The number of tetrazole rings is 1. The predicted molar refractivity (Wildman–Crippen MR) is 126 cm³/mol. The van der Waals surface area contributed by atoms with Gasteiger partial charge in [0.05, 0.1) is 5.69 Å². The Morgan fingerprint density at radius 3 is 2.50 bits per heavy atom. The number of nitrogens with one attached hydrogen (secondary N) is 2. The van der Waals surface area contributed by atoms with Crippen LogP contribution >= 0.6 is 0 Å². The fourth-order valence-corrected chi connectivity index (χ4v) is 4.06. The molecule has 1 aliphatic rings. The Kier molecular flexibility index (Phi) is 6.90. The zero-order valence-electron chi connectivity index (χ0n) is 19.2. The molecular formula is C24H32N8. The van der Waals surface area contributed by atoms with Gasteiger partial charge in [0.2, 0.25) is 5.82 Å². The lowest BCUT2D eigenvalue weighted by Crippen LogP contribution is -2.47. The molecule has 4 rings (SSSR count). The van der Waals surface area contributed by atoms with Gasteiger partial charge in [0, 0.05) is 30.3 Å². The van der Waals surface area contributed by atoms with Crippen molar-refractivity contribution in [2.75, 3.05) is 0 Å². The molecular weight excluding hydrogens is 400 g/mol. The predicted octanol–water partition coefficient (Wildman–Crippen LogP) is 4.74. The van der Waals surface area contributed by atoms with E-state index in [0.717, 1.165) is 60.4 Å². The number of hydrogen-bond acceptors (Lipinski definition) is 7. The van der Waals surface area contributed by atoms with Crippen LogP contribution in [0.25, 0.3) is 22.6 Å². The average molecular weight is 433 g/mol. The average Bonchev–Trinajstić information content (AvgIpc) is 3.46. The minimum Gasteiger partial charge on any atom is -0.304 e. The van der Waals surface area contributed by atoms with Gasteiger partial charge in [0.15, 0.2) is 0 Å². The summed E-state index contributed by atoms with van der Waals surface area (Å²) in [6.45, 7) is 7.43. The van der Waals surface area contributed by atoms with Crippen LogP contribution in [0.1, 0.15) is 64.9 Å². The van der Waals surface area contributed by atoms with Crippen LogP contribution < -0.4 is 5.43 Å². The van der Waals surface area contributed by atoms with Crippen LogP contribution in [0.3, 0.4) is 0 Å². The highest BCUT2D eigenvalue weighted by molar-refractivity contribution is 5.83. The first-order valence-electron chi connectivity index (χ1n) is 11.5. The molecule has 1 unspecified atom stereocenters. The standard InChI is InChI=1S/C24H32N8/c1-4-6-12-22-26-24(3,15-7-5-2)32(29-22)17-18-13-14-21(25-16-18)19-10-8-9-11-20(19)23-27-30-31-28-23/h8-11,13-14,16H,4-7,12,15,17H2,1-3H3,(H,26,29)(H,27,28,30,31). The molecule has 2 aromatic heterocycles. The van der Waals surface area contributed by atoms with Crippen LogP contribution in [0.5, 0.6) is 0 Å². The first-order chi connectivity index (χ1) is 15.6. The molecule has 3 aromatic rings. The number of aromatic nitrogens is 5. The Balaban J connectivity index is 1.52. The SMILES string of the molecule is CCCCC1=NC(C)(CCCC)N(Cc2ccc(-c3ccccc3-c3nn[nH]n3)nc2)N1. The van der Waals surface area contributed by atoms with Gasteiger partial charge in [-0.3, -0.25) is 4.98 Å². The molecule has 0 saturated heterocycles. The number of nitrogens with zero attached hydrogens (tertiary/aromatic N) is 6. The third kappa shape index (κ3) is 4.85. The largest absolute Gasteiger partial charge is 0.304 e. The van der Waals surface area contributed by atoms with Crippen molar-refractivity contribution in [1.29, 1.82) is 0 Å². The number of pyridine rings is 1. The van der Waals surface area contributed by atoms with Gasteiger partial charge < -0.3 is 5.43 Å². The van der Waals surface area contributed by atoms with E-state index >= 15 is 0 Å². The number of amidine groups is 1. The van der Waals surface area contributed by atoms with E-state index in [2.05, 4.69) is 64.0 Å². The summed E-state index contributed by atoms with van der Waals surface area (Å²) in [7, 11) is 0. The van der Waals surface area contributed by atoms with Crippen LogP contribution in [0, 0.1) is 0 Å². The minimum atomic E-state index is -0.219. The van der Waals surface area contributed by atoms with Crippen LogP contribution in [-0.4, -0.2) is 42.1 Å². The molecule has 8 heteroatoms. The number of hydrogen-bond donors (Lipinski definition) is 2. The summed E-state index contributed by atoms with van der Waals surface area (Å²) >= 11 is 0. The number of unbranched alkanes of at least 4 members (excludes halogenated alkanes) is 2. The Labute approximate surface area is 189 Å². The van der Waals surface area contributed by atoms with Gasteiger partial charge in [-0.2, -0.15) is 10.2 Å². The molecule has 32 heavy (non-hydrogen) atoms. The van der Waals surface area contributed by atoms with Crippen molar-refractivity contribution in [2.45, 2.75) is 71.5 Å². The Morgan fingerprint density at radius 2 is 1.81 bits per heavy atom. The van der Waals surface area contributed by atoms with E-state index < -0.39 is 0 Å². The van der Waals surface area contributed by atoms with Gasteiger partial charge >= 0.3 is 0 Å². The van der Waals surface area contributed by atoms with Gasteiger partial charge in [0.25, 0.3) is 0 Å². The maximum absolute atomic E-state index is 5.07. The summed E-state index contributed by atoms with van der Waals surface area (Å²) in [5.41, 5.74) is 7.28. The fraction of sp³-hybridized carbons (Fsp3) is 0.458. The van der Waals surface area contributed by atoms with Gasteiger partial charge in [-0.05, 0) is 43.0 Å². The Bertz CT molecular complexity index is 1030. The molecule has 0 amide bonds. The van der Waals surface area contributed by atoms with E-state index in [0.29, 0.717) is 5.82 Å². The van der Waals surface area contributed by atoms with Crippen molar-refractivity contribution >= 4 is 5.84 Å². The second-order valence-corrected chi connectivity index (χ2v) is 8.51. The summed E-state index contributed by atoms with van der Waals surface area (Å²) in [6.07, 6.45) is 8.63. The molecule has 1 aliphatic heterocycles. The maximum atomic E-state index is 5.07. The van der Waals surface area contributed by atoms with Gasteiger partial charge in [-0.25, -0.2) is 4.99 Å². The molecule has 0 bridgehead atoms. The number of aromatic amines is 1. The lowest BCUT2D eigenvalue weighted by Gasteiger charge is -2.32. The van der Waals surface area contributed by atoms with Gasteiger partial charge in [0.1, 0.15) is 11.5 Å². The molecule has 0 aliphatic carbocycles. The minimum absolute atomic E-state index is 0.219. The van der Waals surface area contributed by atoms with Crippen LogP contribution in [0.15, 0.2) is 47.6 Å². The normalized spacial score (nSPS) is 18.5. The molecule has 1 atom stereocenters. The first kappa shape index (κ1) is 22.1. The smallest absolute Gasteiger partial charge is 0.205 e. The van der Waals surface area contributed by atoms with Gasteiger partial charge in [-0.15, -0.1) is 10.2 Å². The zero-order valence-corrected chi connectivity index (χ0v) is 19.2. The summed E-state index contributed by atoms with van der Waals surface area (Å²) in [6, 6.07) is 12.2. The number of benzene rings is 1. The highest BCUT2D eigenvalue weighted by Gasteiger charge is 2.36. The second kappa shape index (κ2) is 9.99. The summed E-state index contributed by atoms with van der Waals surface area (Å²) in [4.78, 5) is 9.83. The third-order valence-corrected chi connectivity index (χ3v) is 5.95. The van der Waals surface area contributed by atoms with Crippen molar-refractivity contribution in [3.05, 3.63) is 48.2 Å². The summed E-state index contributed by atoms with van der Waals surface area (Å²) in [5.74, 6) is 1.67. The highest BCUT2D eigenvalue weighted by atomic mass is 15.6. The van der Waals surface area contributed by atoms with E-state index in [1.807, 2.05) is 30.5 Å². The number of H-pyrrole nitrogens is 1. The van der Waals surface area contributed by atoms with E-state index in [9.17, 15) is 0 Å². The zero-order chi connectivity index (χ0) is 22.4. The van der Waals surface area contributed by atoms with Gasteiger partial charge in [-0.1, -0.05) is 57.0 Å². The summed E-state index contributed by atoms with van der Waals surface area (Å²) in [5, 5.41) is 16.7. The molecule has 1 aromatic carbocycles. The summed E-state index contributed by atoms with van der Waals surface area (Å²) < 4.78 is 0. The second-order valence-electron chi connectivity index (χ2n) is 8.51. The molecule has 168 valence electrons. The van der Waals surface area contributed by atoms with E-state index in [1.54, 1.807) is 0 Å². The van der Waals surface area contributed by atoms with Crippen molar-refractivity contribution in [3.8, 4) is 22.6 Å². The molecule has 0 fully saturated rings. The third-order valence-electron chi connectivity index (χ3n) is 5.95. The van der Waals surface area contributed by atoms with Crippen molar-refractivity contribution < 1.29 is 0 Å². The Hall–Kier alpha value is -3.13. The van der Waals surface area contributed by atoms with E-state index in [-0.39, 0.29) is 5.66 Å². The lowest BCUT2D eigenvalue weighted by molar-refractivity contribution is 0.0834.